The molecule has 2 nitrogen and oxygen atoms in total. The fourth-order valence-electron chi connectivity index (χ4n) is 1.91. The molecule has 2 heteroatoms. The maximum Gasteiger partial charge on any atom is 0.125 e. The minimum absolute atomic E-state index is 0.167. The molecule has 0 bridgehead atoms. The second kappa shape index (κ2) is 4.88. The monoisotopic (exact) mass is 221 g/mol. The highest BCUT2D eigenvalue weighted by Crippen LogP contribution is 2.31. The lowest BCUT2D eigenvalue weighted by Gasteiger charge is -2.22. The second-order valence-electron chi connectivity index (χ2n) is 5.27. The predicted molar refractivity (Wildman–Crippen MR) is 69.2 cm³/mol. The van der Waals surface area contributed by atoms with Crippen LogP contribution in [0.25, 0.3) is 0 Å². The summed E-state index contributed by atoms with van der Waals surface area (Å²) in [5.41, 5.74) is 9.56. The number of rotatable bonds is 3. The Kier molecular flexibility index (Phi) is 3.98. The maximum absolute atomic E-state index is 5.64. The first-order valence-corrected chi connectivity index (χ1v) is 5.78. The zero-order chi connectivity index (χ0) is 12.3. The van der Waals surface area contributed by atoms with Crippen LogP contribution in [0.3, 0.4) is 0 Å². The Balaban J connectivity index is 3.28. The molecule has 1 rings (SSSR count). The van der Waals surface area contributed by atoms with E-state index in [9.17, 15) is 0 Å². The van der Waals surface area contributed by atoms with Crippen LogP contribution in [0.5, 0.6) is 5.75 Å². The SMILES string of the molecule is COc1c(C)cc(C(C)(C)C)cc1CCN. The van der Waals surface area contributed by atoms with Crippen LogP contribution in [-0.4, -0.2) is 13.7 Å². The van der Waals surface area contributed by atoms with E-state index in [1.807, 2.05) is 0 Å². The van der Waals surface area contributed by atoms with Crippen molar-refractivity contribution in [3.8, 4) is 5.75 Å². The average Bonchev–Trinajstić information content (AvgIpc) is 2.16. The molecule has 2 N–H and O–H groups in total. The van der Waals surface area contributed by atoms with Crippen LogP contribution in [0.15, 0.2) is 12.1 Å². The number of ether oxygens (including phenoxy) is 1. The van der Waals surface area contributed by atoms with Crippen molar-refractivity contribution in [2.75, 3.05) is 13.7 Å². The van der Waals surface area contributed by atoms with Crippen LogP contribution in [0.1, 0.15) is 37.5 Å². The van der Waals surface area contributed by atoms with Gasteiger partial charge in [0.25, 0.3) is 0 Å². The molecule has 0 unspecified atom stereocenters. The van der Waals surface area contributed by atoms with Crippen LogP contribution >= 0.6 is 0 Å². The number of methoxy groups -OCH3 is 1. The number of hydrogen-bond acceptors (Lipinski definition) is 2. The Morgan fingerprint density at radius 2 is 1.88 bits per heavy atom. The molecular formula is C14H23NO. The Morgan fingerprint density at radius 1 is 1.25 bits per heavy atom. The van der Waals surface area contributed by atoms with Crippen molar-refractivity contribution in [3.05, 3.63) is 28.8 Å². The van der Waals surface area contributed by atoms with E-state index in [4.69, 9.17) is 10.5 Å². The lowest BCUT2D eigenvalue weighted by molar-refractivity contribution is 0.406. The predicted octanol–water partition coefficient (Wildman–Crippen LogP) is 2.80. The smallest absolute Gasteiger partial charge is 0.125 e. The summed E-state index contributed by atoms with van der Waals surface area (Å²) in [6.07, 6.45) is 0.869. The third kappa shape index (κ3) is 2.76. The maximum atomic E-state index is 5.64. The van der Waals surface area contributed by atoms with Gasteiger partial charge in [-0.1, -0.05) is 32.9 Å². The highest BCUT2D eigenvalue weighted by atomic mass is 16.5. The number of benzene rings is 1. The molecule has 0 amide bonds. The van der Waals surface area contributed by atoms with Crippen molar-refractivity contribution in [2.24, 2.45) is 5.73 Å². The van der Waals surface area contributed by atoms with Gasteiger partial charge in [-0.2, -0.15) is 0 Å². The van der Waals surface area contributed by atoms with Crippen molar-refractivity contribution in [2.45, 2.75) is 39.5 Å². The fraction of sp³-hybridized carbons (Fsp3) is 0.571. The van der Waals surface area contributed by atoms with Gasteiger partial charge in [0, 0.05) is 0 Å². The van der Waals surface area contributed by atoms with Crippen molar-refractivity contribution in [1.82, 2.24) is 0 Å². The number of nitrogens with two attached hydrogens (primary N) is 1. The van der Waals surface area contributed by atoms with Crippen LogP contribution < -0.4 is 10.5 Å². The van der Waals surface area contributed by atoms with Crippen molar-refractivity contribution < 1.29 is 4.74 Å². The summed E-state index contributed by atoms with van der Waals surface area (Å²) in [6, 6.07) is 4.43. The summed E-state index contributed by atoms with van der Waals surface area (Å²) in [4.78, 5) is 0. The normalized spacial score (nSPS) is 11.6. The van der Waals surface area contributed by atoms with Gasteiger partial charge in [0.05, 0.1) is 7.11 Å². The van der Waals surface area contributed by atoms with Crippen molar-refractivity contribution in [1.29, 1.82) is 0 Å². The topological polar surface area (TPSA) is 35.2 Å². The van der Waals surface area contributed by atoms with Gasteiger partial charge in [-0.05, 0) is 42.0 Å². The van der Waals surface area contributed by atoms with Crippen LogP contribution in [0.2, 0.25) is 0 Å². The molecule has 0 aromatic heterocycles. The Bertz CT molecular complexity index is 364. The van der Waals surface area contributed by atoms with Gasteiger partial charge in [-0.3, -0.25) is 0 Å². The van der Waals surface area contributed by atoms with Gasteiger partial charge in [0.1, 0.15) is 5.75 Å². The fourth-order valence-corrected chi connectivity index (χ4v) is 1.91. The minimum Gasteiger partial charge on any atom is -0.496 e. The van der Waals surface area contributed by atoms with Gasteiger partial charge in [0.2, 0.25) is 0 Å². The summed E-state index contributed by atoms with van der Waals surface area (Å²) in [7, 11) is 1.72. The molecule has 0 spiro atoms. The Labute approximate surface area is 98.8 Å². The lowest BCUT2D eigenvalue weighted by atomic mass is 9.84. The molecule has 0 aliphatic rings. The molecule has 0 atom stereocenters. The first kappa shape index (κ1) is 13.0. The first-order valence-electron chi connectivity index (χ1n) is 5.78. The van der Waals surface area contributed by atoms with E-state index in [0.717, 1.165) is 12.2 Å². The summed E-state index contributed by atoms with van der Waals surface area (Å²) in [5, 5.41) is 0. The number of hydrogen-bond donors (Lipinski definition) is 1. The van der Waals surface area contributed by atoms with E-state index >= 15 is 0 Å². The first-order chi connectivity index (χ1) is 7.40. The summed E-state index contributed by atoms with van der Waals surface area (Å²) in [6.45, 7) is 9.42. The summed E-state index contributed by atoms with van der Waals surface area (Å²) < 4.78 is 5.44. The standard InChI is InChI=1S/C14H23NO/c1-10-8-12(14(2,3)4)9-11(6-7-15)13(10)16-5/h8-9H,6-7,15H2,1-5H3. The molecule has 0 heterocycles. The number of aryl methyl sites for hydroxylation is 1. The van der Waals surface area contributed by atoms with E-state index in [2.05, 4.69) is 39.8 Å². The van der Waals surface area contributed by atoms with Crippen molar-refractivity contribution >= 4 is 0 Å². The van der Waals surface area contributed by atoms with Crippen molar-refractivity contribution in [3.63, 3.8) is 0 Å². The molecule has 0 fully saturated rings. The molecule has 0 saturated carbocycles. The molecular weight excluding hydrogens is 198 g/mol. The molecule has 0 saturated heterocycles. The average molecular weight is 221 g/mol. The zero-order valence-corrected chi connectivity index (χ0v) is 11.1. The van der Waals surface area contributed by atoms with Gasteiger partial charge in [-0.15, -0.1) is 0 Å². The molecule has 1 aromatic rings. The van der Waals surface area contributed by atoms with E-state index in [-0.39, 0.29) is 5.41 Å². The second-order valence-corrected chi connectivity index (χ2v) is 5.27. The van der Waals surface area contributed by atoms with Gasteiger partial charge < -0.3 is 10.5 Å². The molecule has 0 aliphatic carbocycles. The highest BCUT2D eigenvalue weighted by Gasteiger charge is 2.17. The van der Waals surface area contributed by atoms with E-state index in [1.54, 1.807) is 7.11 Å². The molecule has 16 heavy (non-hydrogen) atoms. The molecule has 0 aliphatic heterocycles. The van der Waals surface area contributed by atoms with Gasteiger partial charge in [0.15, 0.2) is 0 Å². The third-order valence-electron chi connectivity index (χ3n) is 2.84. The minimum atomic E-state index is 0.167. The van der Waals surface area contributed by atoms with Gasteiger partial charge >= 0.3 is 0 Å². The summed E-state index contributed by atoms with van der Waals surface area (Å²) in [5.74, 6) is 0.985. The quantitative estimate of drug-likeness (QED) is 0.852. The Morgan fingerprint density at radius 3 is 2.31 bits per heavy atom. The lowest BCUT2D eigenvalue weighted by Crippen LogP contribution is -2.13. The molecule has 90 valence electrons. The van der Waals surface area contributed by atoms with Gasteiger partial charge in [-0.25, -0.2) is 0 Å². The Hall–Kier alpha value is -1.02. The highest BCUT2D eigenvalue weighted by molar-refractivity contribution is 5.46. The van der Waals surface area contributed by atoms with Crippen LogP contribution in [0.4, 0.5) is 0 Å². The molecule has 1 aromatic carbocycles. The third-order valence-corrected chi connectivity index (χ3v) is 2.84. The van der Waals surface area contributed by atoms with E-state index in [1.165, 1.54) is 16.7 Å². The molecule has 0 radical (unpaired) electrons. The van der Waals surface area contributed by atoms with Crippen LogP contribution in [-0.2, 0) is 11.8 Å². The largest absolute Gasteiger partial charge is 0.496 e. The van der Waals surface area contributed by atoms with Crippen LogP contribution in [0, 0.1) is 6.92 Å². The van der Waals surface area contributed by atoms with E-state index in [0.29, 0.717) is 6.54 Å². The van der Waals surface area contributed by atoms with E-state index < -0.39 is 0 Å². The zero-order valence-electron chi connectivity index (χ0n) is 11.1. The summed E-state index contributed by atoms with van der Waals surface area (Å²) >= 11 is 0.